The van der Waals surface area contributed by atoms with Crippen LogP contribution in [0.4, 0.5) is 0 Å². The Hall–Kier alpha value is -1.55. The number of hydrogen-bond acceptors (Lipinski definition) is 3. The summed E-state index contributed by atoms with van der Waals surface area (Å²) in [7, 11) is 1.61. The van der Waals surface area contributed by atoms with Gasteiger partial charge in [0, 0.05) is 12.6 Å². The molecular weight excluding hydrogens is 262 g/mol. The average molecular weight is 289 g/mol. The number of methoxy groups -OCH3 is 1. The maximum Gasteiger partial charge on any atom is 0.129 e. The van der Waals surface area contributed by atoms with Crippen molar-refractivity contribution in [1.82, 2.24) is 4.90 Å². The van der Waals surface area contributed by atoms with E-state index in [-0.39, 0.29) is 5.84 Å². The van der Waals surface area contributed by atoms with Gasteiger partial charge in [0.05, 0.1) is 12.7 Å². The first-order valence-electron chi connectivity index (χ1n) is 7.91. The molecule has 0 unspecified atom stereocenters. The van der Waals surface area contributed by atoms with Gasteiger partial charge >= 0.3 is 0 Å². The Morgan fingerprint density at radius 2 is 2.05 bits per heavy atom. The van der Waals surface area contributed by atoms with Gasteiger partial charge in [-0.25, -0.2) is 0 Å². The van der Waals surface area contributed by atoms with Gasteiger partial charge in [0.25, 0.3) is 0 Å². The third-order valence-corrected chi connectivity index (χ3v) is 4.44. The summed E-state index contributed by atoms with van der Waals surface area (Å²) in [4.78, 5) is 2.55. The molecule has 21 heavy (non-hydrogen) atoms. The van der Waals surface area contributed by atoms with Gasteiger partial charge in [0.15, 0.2) is 0 Å². The summed E-state index contributed by atoms with van der Waals surface area (Å²) in [6.45, 7) is 4.21. The van der Waals surface area contributed by atoms with Crippen molar-refractivity contribution in [2.24, 2.45) is 5.73 Å². The van der Waals surface area contributed by atoms with Crippen LogP contribution in [-0.2, 0) is 6.54 Å². The summed E-state index contributed by atoms with van der Waals surface area (Å²) in [5.74, 6) is 0.737. The standard InChI is InChI=1S/C17H27N3O/c1-3-20(14-7-5-4-6-8-14)12-13-9-10-16(21-2)15(11-13)17(18)19/h9-11,14H,3-8,12H2,1-2H3,(H3,18,19). The normalized spacial score (nSPS) is 16.1. The Bertz CT molecular complexity index is 481. The average Bonchev–Trinajstić information content (AvgIpc) is 2.53. The van der Waals surface area contributed by atoms with E-state index in [9.17, 15) is 0 Å². The zero-order valence-corrected chi connectivity index (χ0v) is 13.2. The van der Waals surface area contributed by atoms with Gasteiger partial charge in [-0.05, 0) is 37.1 Å². The van der Waals surface area contributed by atoms with Crippen LogP contribution in [0.1, 0.15) is 50.2 Å². The second-order valence-corrected chi connectivity index (χ2v) is 5.80. The molecule has 2 rings (SSSR count). The van der Waals surface area contributed by atoms with Crippen molar-refractivity contribution in [3.8, 4) is 5.75 Å². The van der Waals surface area contributed by atoms with Gasteiger partial charge in [-0.3, -0.25) is 10.3 Å². The fourth-order valence-electron chi connectivity index (χ4n) is 3.24. The molecule has 0 heterocycles. The number of benzene rings is 1. The van der Waals surface area contributed by atoms with Crippen molar-refractivity contribution >= 4 is 5.84 Å². The minimum atomic E-state index is 0.0643. The molecule has 0 bridgehead atoms. The Morgan fingerprint density at radius 3 is 2.62 bits per heavy atom. The number of ether oxygens (including phenoxy) is 1. The van der Waals surface area contributed by atoms with E-state index in [2.05, 4.69) is 17.9 Å². The number of nitrogen functional groups attached to an aromatic ring is 1. The highest BCUT2D eigenvalue weighted by molar-refractivity contribution is 5.97. The predicted octanol–water partition coefficient (Wildman–Crippen LogP) is 3.13. The molecule has 4 nitrogen and oxygen atoms in total. The van der Waals surface area contributed by atoms with Gasteiger partial charge in [-0.2, -0.15) is 0 Å². The van der Waals surface area contributed by atoms with Crippen molar-refractivity contribution < 1.29 is 4.74 Å². The van der Waals surface area contributed by atoms with Gasteiger partial charge in [-0.15, -0.1) is 0 Å². The predicted molar refractivity (Wildman–Crippen MR) is 87.0 cm³/mol. The highest BCUT2D eigenvalue weighted by Crippen LogP contribution is 2.25. The van der Waals surface area contributed by atoms with Crippen molar-refractivity contribution in [3.05, 3.63) is 29.3 Å². The van der Waals surface area contributed by atoms with Crippen molar-refractivity contribution in [2.45, 2.75) is 51.6 Å². The van der Waals surface area contributed by atoms with E-state index in [1.54, 1.807) is 7.11 Å². The smallest absolute Gasteiger partial charge is 0.129 e. The van der Waals surface area contributed by atoms with Crippen molar-refractivity contribution in [3.63, 3.8) is 0 Å². The van der Waals surface area contributed by atoms with E-state index in [4.69, 9.17) is 15.9 Å². The number of nitrogens with zero attached hydrogens (tertiary/aromatic N) is 1. The summed E-state index contributed by atoms with van der Waals surface area (Å²) in [6, 6.07) is 6.69. The minimum absolute atomic E-state index is 0.0643. The lowest BCUT2D eigenvalue weighted by molar-refractivity contribution is 0.156. The van der Waals surface area contributed by atoms with E-state index in [1.165, 1.54) is 37.7 Å². The highest BCUT2D eigenvalue weighted by Gasteiger charge is 2.20. The van der Waals surface area contributed by atoms with Crippen LogP contribution in [0, 0.1) is 5.41 Å². The van der Waals surface area contributed by atoms with Crippen molar-refractivity contribution in [1.29, 1.82) is 5.41 Å². The first kappa shape index (κ1) is 15.8. The lowest BCUT2D eigenvalue weighted by atomic mass is 9.93. The van der Waals surface area contributed by atoms with Crippen LogP contribution in [0.3, 0.4) is 0 Å². The molecule has 1 aromatic carbocycles. The zero-order chi connectivity index (χ0) is 15.2. The van der Waals surface area contributed by atoms with Gasteiger partial charge in [-0.1, -0.05) is 32.3 Å². The third kappa shape index (κ3) is 3.97. The largest absolute Gasteiger partial charge is 0.496 e. The third-order valence-electron chi connectivity index (χ3n) is 4.44. The molecule has 0 aromatic heterocycles. The van der Waals surface area contributed by atoms with Crippen LogP contribution in [0.5, 0.6) is 5.75 Å². The number of nitrogens with one attached hydrogen (secondary N) is 1. The molecule has 0 atom stereocenters. The second kappa shape index (κ2) is 7.46. The molecule has 0 amide bonds. The molecule has 0 radical (unpaired) electrons. The zero-order valence-electron chi connectivity index (χ0n) is 13.2. The summed E-state index contributed by atoms with van der Waals surface area (Å²) in [5.41, 5.74) is 7.55. The fourth-order valence-corrected chi connectivity index (χ4v) is 3.24. The van der Waals surface area contributed by atoms with E-state index in [1.807, 2.05) is 12.1 Å². The molecule has 3 N–H and O–H groups in total. The van der Waals surface area contributed by atoms with Gasteiger partial charge in [0.2, 0.25) is 0 Å². The van der Waals surface area contributed by atoms with E-state index in [0.717, 1.165) is 13.1 Å². The molecule has 1 fully saturated rings. The van der Waals surface area contributed by atoms with Crippen molar-refractivity contribution in [2.75, 3.05) is 13.7 Å². The highest BCUT2D eigenvalue weighted by atomic mass is 16.5. The maximum absolute atomic E-state index is 7.68. The lowest BCUT2D eigenvalue weighted by Gasteiger charge is -2.33. The Balaban J connectivity index is 2.13. The van der Waals surface area contributed by atoms with E-state index < -0.39 is 0 Å². The summed E-state index contributed by atoms with van der Waals surface area (Å²) < 4.78 is 5.27. The monoisotopic (exact) mass is 289 g/mol. The molecule has 0 spiro atoms. The summed E-state index contributed by atoms with van der Waals surface area (Å²) >= 11 is 0. The topological polar surface area (TPSA) is 62.3 Å². The molecule has 4 heteroatoms. The van der Waals surface area contributed by atoms with Gasteiger partial charge in [0.1, 0.15) is 11.6 Å². The maximum atomic E-state index is 7.68. The molecule has 116 valence electrons. The summed E-state index contributed by atoms with van der Waals surface area (Å²) in [5, 5.41) is 7.68. The number of nitrogens with two attached hydrogens (primary N) is 1. The van der Waals surface area contributed by atoms with E-state index >= 15 is 0 Å². The molecule has 0 aliphatic heterocycles. The summed E-state index contributed by atoms with van der Waals surface area (Å²) in [6.07, 6.45) is 6.70. The van der Waals surface area contributed by atoms with Gasteiger partial charge < -0.3 is 10.5 Å². The Kier molecular flexibility index (Phi) is 5.62. The molecule has 1 aliphatic carbocycles. The minimum Gasteiger partial charge on any atom is -0.496 e. The molecular formula is C17H27N3O. The molecule has 0 saturated heterocycles. The van der Waals surface area contributed by atoms with Crippen LogP contribution < -0.4 is 10.5 Å². The fraction of sp³-hybridized carbons (Fsp3) is 0.588. The molecule has 1 aliphatic rings. The first-order chi connectivity index (χ1) is 10.2. The van der Waals surface area contributed by atoms with Crippen LogP contribution in [0.15, 0.2) is 18.2 Å². The first-order valence-corrected chi connectivity index (χ1v) is 7.91. The van der Waals surface area contributed by atoms with Crippen LogP contribution >= 0.6 is 0 Å². The second-order valence-electron chi connectivity index (χ2n) is 5.80. The molecule has 1 aromatic rings. The van der Waals surface area contributed by atoms with Crippen LogP contribution in [0.25, 0.3) is 0 Å². The molecule has 1 saturated carbocycles. The quantitative estimate of drug-likeness (QED) is 0.624. The Morgan fingerprint density at radius 1 is 1.33 bits per heavy atom. The number of hydrogen-bond donors (Lipinski definition) is 2. The number of amidine groups is 1. The Labute approximate surface area is 127 Å². The van der Waals surface area contributed by atoms with E-state index in [0.29, 0.717) is 17.4 Å². The lowest BCUT2D eigenvalue weighted by Crippen LogP contribution is -2.36. The van der Waals surface area contributed by atoms with Crippen LogP contribution in [-0.4, -0.2) is 30.4 Å². The van der Waals surface area contributed by atoms with Crippen LogP contribution in [0.2, 0.25) is 0 Å². The SMILES string of the molecule is CCN(Cc1ccc(OC)c(C(=N)N)c1)C1CCCCC1. The number of rotatable bonds is 6.